The normalized spacial score (nSPS) is 14.5. The first-order valence-corrected chi connectivity index (χ1v) is 9.70. The minimum atomic E-state index is -0.106. The molecule has 0 spiro atoms. The Morgan fingerprint density at radius 2 is 2.08 bits per heavy atom. The van der Waals surface area contributed by atoms with E-state index in [4.69, 9.17) is 9.15 Å². The van der Waals surface area contributed by atoms with E-state index in [1.54, 1.807) is 18.0 Å². The second-order valence-corrected chi connectivity index (χ2v) is 7.07. The second-order valence-electron chi connectivity index (χ2n) is 6.12. The van der Waals surface area contributed by atoms with Crippen LogP contribution in [0.4, 0.5) is 5.82 Å². The molecule has 1 aliphatic heterocycles. The maximum absolute atomic E-state index is 12.1. The number of amides is 1. The topological polar surface area (TPSA) is 71.7 Å². The highest BCUT2D eigenvalue weighted by molar-refractivity contribution is 7.98. The van der Waals surface area contributed by atoms with Crippen molar-refractivity contribution in [2.24, 2.45) is 0 Å². The van der Waals surface area contributed by atoms with E-state index >= 15 is 0 Å². The van der Waals surface area contributed by atoms with Crippen molar-refractivity contribution in [1.82, 2.24) is 14.9 Å². The van der Waals surface area contributed by atoms with E-state index in [2.05, 4.69) is 14.9 Å². The molecular weight excluding hydrogens is 352 g/mol. The van der Waals surface area contributed by atoms with Crippen molar-refractivity contribution in [1.29, 1.82) is 0 Å². The molecule has 0 radical (unpaired) electrons. The Morgan fingerprint density at radius 1 is 1.31 bits per heavy atom. The van der Waals surface area contributed by atoms with Crippen LogP contribution in [0, 0.1) is 6.92 Å². The number of carbonyl (C=O) groups excluding carboxylic acids is 1. The number of morpholine rings is 1. The van der Waals surface area contributed by atoms with Gasteiger partial charge in [0.15, 0.2) is 10.9 Å². The summed E-state index contributed by atoms with van der Waals surface area (Å²) in [7, 11) is 1.76. The highest BCUT2D eigenvalue weighted by atomic mass is 32.2. The van der Waals surface area contributed by atoms with Crippen LogP contribution in [0.15, 0.2) is 27.8 Å². The first kappa shape index (κ1) is 18.7. The van der Waals surface area contributed by atoms with Crippen LogP contribution in [0.25, 0.3) is 0 Å². The van der Waals surface area contributed by atoms with Gasteiger partial charge in [0.25, 0.3) is 5.91 Å². The number of carbonyl (C=O) groups is 1. The molecule has 1 fully saturated rings. The Morgan fingerprint density at radius 3 is 2.81 bits per heavy atom. The maximum atomic E-state index is 12.1. The van der Waals surface area contributed by atoms with Crippen molar-refractivity contribution in [2.75, 3.05) is 44.8 Å². The van der Waals surface area contributed by atoms with Gasteiger partial charge in [-0.3, -0.25) is 4.79 Å². The third-order valence-electron chi connectivity index (χ3n) is 4.19. The van der Waals surface area contributed by atoms with Gasteiger partial charge >= 0.3 is 0 Å². The molecule has 2 aromatic rings. The number of aromatic nitrogens is 2. The molecule has 8 heteroatoms. The van der Waals surface area contributed by atoms with E-state index in [0.29, 0.717) is 23.2 Å². The molecule has 0 unspecified atom stereocenters. The summed E-state index contributed by atoms with van der Waals surface area (Å²) < 4.78 is 11.1. The number of thioether (sulfide) groups is 1. The zero-order chi connectivity index (χ0) is 18.5. The van der Waals surface area contributed by atoms with Crippen molar-refractivity contribution >= 4 is 23.5 Å². The van der Waals surface area contributed by atoms with Gasteiger partial charge in [-0.05, 0) is 26.0 Å². The quantitative estimate of drug-likeness (QED) is 0.567. The van der Waals surface area contributed by atoms with Gasteiger partial charge in [0.05, 0.1) is 19.0 Å². The highest BCUT2D eigenvalue weighted by Crippen LogP contribution is 2.24. The molecule has 0 atom stereocenters. The number of hydrogen-bond donors (Lipinski definition) is 0. The van der Waals surface area contributed by atoms with Gasteiger partial charge in [0.2, 0.25) is 0 Å². The first-order chi connectivity index (χ1) is 12.6. The molecule has 0 N–H and O–H groups in total. The molecule has 2 aromatic heterocycles. The Balaban J connectivity index is 1.65. The van der Waals surface area contributed by atoms with Crippen molar-refractivity contribution in [2.45, 2.75) is 24.8 Å². The number of hydrogen-bond acceptors (Lipinski definition) is 7. The number of aryl methyl sites for hydroxylation is 1. The molecule has 7 nitrogen and oxygen atoms in total. The summed E-state index contributed by atoms with van der Waals surface area (Å²) in [5, 5.41) is 0.710. The van der Waals surface area contributed by atoms with E-state index in [1.807, 2.05) is 26.0 Å². The van der Waals surface area contributed by atoms with E-state index in [9.17, 15) is 4.79 Å². The molecular formula is C18H24N4O3S. The summed E-state index contributed by atoms with van der Waals surface area (Å²) in [5.41, 5.74) is 0.934. The average molecular weight is 376 g/mol. The van der Waals surface area contributed by atoms with Crippen molar-refractivity contribution in [3.8, 4) is 0 Å². The lowest BCUT2D eigenvalue weighted by Gasteiger charge is -2.28. The minimum absolute atomic E-state index is 0.106. The Hall–Kier alpha value is -2.06. The molecule has 0 aliphatic carbocycles. The largest absolute Gasteiger partial charge is 0.455 e. The van der Waals surface area contributed by atoms with Crippen LogP contribution in [0.2, 0.25) is 0 Å². The molecule has 0 saturated carbocycles. The highest BCUT2D eigenvalue weighted by Gasteiger charge is 2.16. The predicted molar refractivity (Wildman–Crippen MR) is 101 cm³/mol. The second kappa shape index (κ2) is 8.55. The lowest BCUT2D eigenvalue weighted by Crippen LogP contribution is -2.36. The van der Waals surface area contributed by atoms with E-state index in [0.717, 1.165) is 43.6 Å². The molecule has 1 aliphatic rings. The van der Waals surface area contributed by atoms with Gasteiger partial charge in [-0.1, -0.05) is 11.8 Å². The molecule has 1 amide bonds. The standard InChI is InChI=1S/C18H24N4O3S/c1-4-21(3)17(23)15-6-5-14(25-15)12-26-18-19-13(2)11-16(20-18)22-7-9-24-10-8-22/h5-6,11H,4,7-10,12H2,1-3H3. The third kappa shape index (κ3) is 4.56. The number of rotatable bonds is 6. The van der Waals surface area contributed by atoms with E-state index in [-0.39, 0.29) is 5.91 Å². The van der Waals surface area contributed by atoms with Gasteiger partial charge in [-0.15, -0.1) is 0 Å². The fourth-order valence-electron chi connectivity index (χ4n) is 2.58. The van der Waals surface area contributed by atoms with Crippen LogP contribution in [-0.2, 0) is 10.5 Å². The molecule has 3 rings (SSSR count). The predicted octanol–water partition coefficient (Wildman–Crippen LogP) is 2.60. The van der Waals surface area contributed by atoms with Crippen molar-refractivity contribution in [3.63, 3.8) is 0 Å². The number of nitrogens with zero attached hydrogens (tertiary/aromatic N) is 4. The fourth-order valence-corrected chi connectivity index (χ4v) is 3.38. The van der Waals surface area contributed by atoms with Crippen LogP contribution in [0.5, 0.6) is 0 Å². The Bertz CT molecular complexity index is 759. The van der Waals surface area contributed by atoms with Crippen molar-refractivity contribution in [3.05, 3.63) is 35.4 Å². The van der Waals surface area contributed by atoms with Gasteiger partial charge in [0, 0.05) is 38.4 Å². The maximum Gasteiger partial charge on any atom is 0.289 e. The lowest BCUT2D eigenvalue weighted by atomic mass is 10.3. The van der Waals surface area contributed by atoms with Crippen LogP contribution < -0.4 is 4.90 Å². The van der Waals surface area contributed by atoms with Crippen LogP contribution in [-0.4, -0.2) is 60.7 Å². The molecule has 26 heavy (non-hydrogen) atoms. The molecule has 3 heterocycles. The summed E-state index contributed by atoms with van der Waals surface area (Å²) in [4.78, 5) is 25.1. The fraction of sp³-hybridized carbons (Fsp3) is 0.500. The molecule has 1 saturated heterocycles. The van der Waals surface area contributed by atoms with Crippen LogP contribution >= 0.6 is 11.8 Å². The molecule has 140 valence electrons. The third-order valence-corrected chi connectivity index (χ3v) is 5.06. The summed E-state index contributed by atoms with van der Waals surface area (Å²) in [6, 6.07) is 5.56. The van der Waals surface area contributed by atoms with Gasteiger partial charge in [0.1, 0.15) is 11.6 Å². The lowest BCUT2D eigenvalue weighted by molar-refractivity contribution is 0.0769. The summed E-state index contributed by atoms with van der Waals surface area (Å²) in [5.74, 6) is 2.51. The van der Waals surface area contributed by atoms with Crippen LogP contribution in [0.3, 0.4) is 0 Å². The zero-order valence-corrected chi connectivity index (χ0v) is 16.2. The number of anilines is 1. The monoisotopic (exact) mass is 376 g/mol. The first-order valence-electron chi connectivity index (χ1n) is 8.72. The summed E-state index contributed by atoms with van der Waals surface area (Å²) in [6.45, 7) is 7.68. The van der Waals surface area contributed by atoms with Crippen molar-refractivity contribution < 1.29 is 13.9 Å². The van der Waals surface area contributed by atoms with Gasteiger partial charge in [-0.25, -0.2) is 9.97 Å². The van der Waals surface area contributed by atoms with Gasteiger partial charge in [-0.2, -0.15) is 0 Å². The molecule has 0 bridgehead atoms. The number of furan rings is 1. The summed E-state index contributed by atoms with van der Waals surface area (Å²) >= 11 is 1.51. The smallest absolute Gasteiger partial charge is 0.289 e. The number of ether oxygens (including phenoxy) is 1. The van der Waals surface area contributed by atoms with E-state index in [1.165, 1.54) is 11.8 Å². The summed E-state index contributed by atoms with van der Waals surface area (Å²) in [6.07, 6.45) is 0. The zero-order valence-electron chi connectivity index (χ0n) is 15.4. The minimum Gasteiger partial charge on any atom is -0.455 e. The van der Waals surface area contributed by atoms with E-state index < -0.39 is 0 Å². The molecule has 0 aromatic carbocycles. The van der Waals surface area contributed by atoms with Gasteiger partial charge < -0.3 is 19.0 Å². The Kier molecular flexibility index (Phi) is 6.16. The SMILES string of the molecule is CCN(C)C(=O)c1ccc(CSc2nc(C)cc(N3CCOCC3)n2)o1. The van der Waals surface area contributed by atoms with Crippen LogP contribution in [0.1, 0.15) is 28.9 Å². The average Bonchev–Trinajstić information content (AvgIpc) is 3.14. The Labute approximate surface area is 157 Å².